The number of carbonyl (C=O) groups is 2. The molecule has 1 saturated heterocycles. The second-order valence-corrected chi connectivity index (χ2v) is 8.97. The fourth-order valence-corrected chi connectivity index (χ4v) is 4.64. The van der Waals surface area contributed by atoms with Gasteiger partial charge in [-0.25, -0.2) is 8.42 Å². The Kier molecular flexibility index (Phi) is 6.83. The van der Waals surface area contributed by atoms with E-state index in [1.807, 2.05) is 0 Å². The number of nitrogens with one attached hydrogen (secondary N) is 1. The fourth-order valence-electron chi connectivity index (χ4n) is 3.18. The van der Waals surface area contributed by atoms with Crippen LogP contribution in [0, 0.1) is 6.92 Å². The number of hydrogen-bond acceptors (Lipinski definition) is 7. The van der Waals surface area contributed by atoms with E-state index in [-0.39, 0.29) is 35.4 Å². The van der Waals surface area contributed by atoms with Gasteiger partial charge in [0.05, 0.1) is 4.90 Å². The number of sulfonamides is 1. The number of aromatic nitrogens is 2. The lowest BCUT2D eigenvalue weighted by atomic mass is 10.2. The lowest BCUT2D eigenvalue weighted by Crippen LogP contribution is -2.49. The molecule has 1 aromatic heterocycles. The highest BCUT2D eigenvalue weighted by Crippen LogP contribution is 2.19. The molecule has 1 aliphatic heterocycles. The Labute approximate surface area is 175 Å². The first kappa shape index (κ1) is 21.9. The molecule has 1 fully saturated rings. The van der Waals surface area contributed by atoms with Gasteiger partial charge in [-0.1, -0.05) is 11.2 Å². The van der Waals surface area contributed by atoms with Gasteiger partial charge in [-0.2, -0.15) is 9.29 Å². The van der Waals surface area contributed by atoms with Crippen molar-refractivity contribution in [1.29, 1.82) is 0 Å². The number of amides is 2. The van der Waals surface area contributed by atoms with Crippen molar-refractivity contribution in [2.45, 2.75) is 31.6 Å². The summed E-state index contributed by atoms with van der Waals surface area (Å²) in [6.45, 7) is 4.77. The maximum absolute atomic E-state index is 12.9. The maximum atomic E-state index is 12.9. The van der Waals surface area contributed by atoms with Crippen LogP contribution < -0.4 is 5.32 Å². The van der Waals surface area contributed by atoms with Crippen molar-refractivity contribution in [2.75, 3.05) is 32.7 Å². The van der Waals surface area contributed by atoms with Crippen LogP contribution in [0.2, 0.25) is 0 Å². The Morgan fingerprint density at radius 2 is 1.93 bits per heavy atom. The third-order valence-corrected chi connectivity index (χ3v) is 6.74. The summed E-state index contributed by atoms with van der Waals surface area (Å²) in [7, 11) is -3.74. The van der Waals surface area contributed by atoms with E-state index >= 15 is 0 Å². The van der Waals surface area contributed by atoms with Crippen molar-refractivity contribution in [3.8, 4) is 0 Å². The van der Waals surface area contributed by atoms with E-state index < -0.39 is 10.0 Å². The second-order valence-electron chi connectivity index (χ2n) is 7.03. The summed E-state index contributed by atoms with van der Waals surface area (Å²) < 4.78 is 32.2. The average Bonchev–Trinajstić information content (AvgIpc) is 3.16. The number of nitrogens with zero attached hydrogens (tertiary/aromatic N) is 4. The van der Waals surface area contributed by atoms with Crippen LogP contribution in [0.4, 0.5) is 0 Å². The molecule has 10 nitrogen and oxygen atoms in total. The molecular formula is C19H25N5O5S. The first-order valence-corrected chi connectivity index (χ1v) is 11.1. The smallest absolute Gasteiger partial charge is 0.251 e. The molecule has 0 atom stereocenters. The molecule has 2 aromatic rings. The topological polar surface area (TPSA) is 126 Å². The Balaban J connectivity index is 1.57. The molecule has 0 spiro atoms. The van der Waals surface area contributed by atoms with E-state index in [4.69, 9.17) is 4.52 Å². The van der Waals surface area contributed by atoms with Gasteiger partial charge in [0.15, 0.2) is 5.82 Å². The number of carbonyl (C=O) groups excluding carboxylic acids is 2. The molecule has 0 bridgehead atoms. The Hall–Kier alpha value is -2.79. The van der Waals surface area contributed by atoms with Crippen LogP contribution in [0.15, 0.2) is 33.7 Å². The summed E-state index contributed by atoms with van der Waals surface area (Å²) in [5.41, 5.74) is 0.270. The van der Waals surface area contributed by atoms with Crippen LogP contribution in [0.25, 0.3) is 0 Å². The molecule has 11 heteroatoms. The van der Waals surface area contributed by atoms with Gasteiger partial charge in [0.25, 0.3) is 5.91 Å². The zero-order chi connectivity index (χ0) is 21.7. The van der Waals surface area contributed by atoms with E-state index in [2.05, 4.69) is 15.5 Å². The van der Waals surface area contributed by atoms with E-state index in [1.165, 1.54) is 23.4 Å². The van der Waals surface area contributed by atoms with Crippen molar-refractivity contribution in [2.24, 2.45) is 0 Å². The highest BCUT2D eigenvalue weighted by molar-refractivity contribution is 7.89. The molecule has 2 heterocycles. The van der Waals surface area contributed by atoms with Gasteiger partial charge in [0.1, 0.15) is 0 Å². The molecular weight excluding hydrogens is 410 g/mol. The lowest BCUT2D eigenvalue weighted by molar-refractivity contribution is -0.129. The summed E-state index contributed by atoms with van der Waals surface area (Å²) in [5.74, 6) is 0.657. The summed E-state index contributed by atoms with van der Waals surface area (Å²) >= 11 is 0. The summed E-state index contributed by atoms with van der Waals surface area (Å²) in [4.78, 5) is 29.6. The number of piperazine rings is 1. The lowest BCUT2D eigenvalue weighted by Gasteiger charge is -2.33. The molecule has 1 aliphatic rings. The van der Waals surface area contributed by atoms with Crippen LogP contribution >= 0.6 is 0 Å². The summed E-state index contributed by atoms with van der Waals surface area (Å²) in [6, 6.07) is 5.98. The monoisotopic (exact) mass is 435 g/mol. The quantitative estimate of drug-likeness (QED) is 0.631. The van der Waals surface area contributed by atoms with Crippen molar-refractivity contribution in [3.63, 3.8) is 0 Å². The largest absolute Gasteiger partial charge is 0.352 e. The Morgan fingerprint density at radius 3 is 2.57 bits per heavy atom. The first-order valence-electron chi connectivity index (χ1n) is 9.70. The van der Waals surface area contributed by atoms with Crippen LogP contribution in [0.1, 0.15) is 35.4 Å². The molecule has 0 saturated carbocycles. The van der Waals surface area contributed by atoms with E-state index in [0.717, 1.165) is 0 Å². The third-order valence-electron chi connectivity index (χ3n) is 4.84. The zero-order valence-electron chi connectivity index (χ0n) is 17.0. The molecule has 2 amide bonds. The molecule has 3 rings (SSSR count). The zero-order valence-corrected chi connectivity index (χ0v) is 17.8. The normalized spacial score (nSPS) is 15.2. The first-order chi connectivity index (χ1) is 14.3. The van der Waals surface area contributed by atoms with Gasteiger partial charge in [-0.05, 0) is 31.5 Å². The molecule has 1 aromatic carbocycles. The fraction of sp³-hybridized carbons (Fsp3) is 0.474. The third kappa shape index (κ3) is 5.22. The van der Waals surface area contributed by atoms with Gasteiger partial charge >= 0.3 is 0 Å². The van der Waals surface area contributed by atoms with Crippen molar-refractivity contribution in [1.82, 2.24) is 24.7 Å². The van der Waals surface area contributed by atoms with E-state index in [9.17, 15) is 18.0 Å². The molecule has 0 aliphatic carbocycles. The van der Waals surface area contributed by atoms with Crippen LogP contribution in [0.3, 0.4) is 0 Å². The van der Waals surface area contributed by atoms with Crippen molar-refractivity contribution < 1.29 is 22.5 Å². The molecule has 30 heavy (non-hydrogen) atoms. The highest BCUT2D eigenvalue weighted by Gasteiger charge is 2.29. The van der Waals surface area contributed by atoms with Crippen LogP contribution in [0.5, 0.6) is 0 Å². The SMILES string of the molecule is CC(=O)N1CCN(S(=O)(=O)c2cccc(C(=O)NCCCc3nc(C)no3)c2)CC1. The van der Waals surface area contributed by atoms with E-state index in [1.54, 1.807) is 24.0 Å². The Morgan fingerprint density at radius 1 is 1.20 bits per heavy atom. The average molecular weight is 436 g/mol. The predicted molar refractivity (Wildman–Crippen MR) is 107 cm³/mol. The second kappa shape index (κ2) is 9.35. The van der Waals surface area contributed by atoms with Gasteiger partial charge in [0, 0.05) is 51.6 Å². The minimum absolute atomic E-state index is 0.0627. The van der Waals surface area contributed by atoms with Gasteiger partial charge in [-0.3, -0.25) is 9.59 Å². The molecule has 1 N–H and O–H groups in total. The Bertz CT molecular complexity index is 1010. The van der Waals surface area contributed by atoms with Gasteiger partial charge < -0.3 is 14.7 Å². The van der Waals surface area contributed by atoms with Gasteiger partial charge in [0.2, 0.25) is 21.8 Å². The van der Waals surface area contributed by atoms with Crippen molar-refractivity contribution in [3.05, 3.63) is 41.5 Å². The molecule has 0 radical (unpaired) electrons. The van der Waals surface area contributed by atoms with Crippen LogP contribution in [-0.4, -0.2) is 72.3 Å². The van der Waals surface area contributed by atoms with Gasteiger partial charge in [-0.15, -0.1) is 0 Å². The number of benzene rings is 1. The summed E-state index contributed by atoms with van der Waals surface area (Å²) in [5, 5.41) is 6.48. The highest BCUT2D eigenvalue weighted by atomic mass is 32.2. The molecule has 162 valence electrons. The van der Waals surface area contributed by atoms with Crippen LogP contribution in [-0.2, 0) is 21.2 Å². The number of rotatable bonds is 7. The standard InChI is InChI=1S/C19H25N5O5S/c1-14-21-18(29-22-14)7-4-8-20-19(26)16-5-3-6-17(13-16)30(27,28)24-11-9-23(10-12-24)15(2)25/h3,5-6,13H,4,7-12H2,1-2H3,(H,20,26). The summed E-state index contributed by atoms with van der Waals surface area (Å²) in [6.07, 6.45) is 1.16. The maximum Gasteiger partial charge on any atom is 0.251 e. The molecule has 0 unspecified atom stereocenters. The van der Waals surface area contributed by atoms with Crippen molar-refractivity contribution >= 4 is 21.8 Å². The number of hydrogen-bond donors (Lipinski definition) is 1. The predicted octanol–water partition coefficient (Wildman–Crippen LogP) is 0.593. The van der Waals surface area contributed by atoms with E-state index in [0.29, 0.717) is 44.2 Å². The minimum atomic E-state index is -3.74. The minimum Gasteiger partial charge on any atom is -0.352 e. The number of aryl methyl sites for hydroxylation is 2.